The first-order valence-corrected chi connectivity index (χ1v) is 5.25. The van der Waals surface area contributed by atoms with Crippen LogP contribution >= 0.6 is 11.6 Å². The van der Waals surface area contributed by atoms with E-state index < -0.39 is 17.7 Å². The summed E-state index contributed by atoms with van der Waals surface area (Å²) in [5, 5.41) is 9.34. The normalized spacial score (nSPS) is 13.4. The largest absolute Gasteiger partial charge is 0.460 e. The molecule has 15 heavy (non-hydrogen) atoms. The average molecular weight is 237 g/mol. The van der Waals surface area contributed by atoms with Crippen LogP contribution in [0.25, 0.3) is 0 Å². The minimum absolute atomic E-state index is 0.108. The van der Waals surface area contributed by atoms with E-state index in [1.54, 1.807) is 20.8 Å². The van der Waals surface area contributed by atoms with Crippen molar-refractivity contribution in [1.82, 2.24) is 0 Å². The SMILES string of the molecule is CC(C)(C)OC(=O)CC(O)CC(=O)CCl. The molecule has 0 saturated carbocycles. The van der Waals surface area contributed by atoms with Gasteiger partial charge in [-0.2, -0.15) is 0 Å². The number of aliphatic hydroxyl groups is 1. The molecule has 4 nitrogen and oxygen atoms in total. The molecule has 0 aliphatic rings. The third-order valence-electron chi connectivity index (χ3n) is 1.43. The van der Waals surface area contributed by atoms with Gasteiger partial charge in [-0.1, -0.05) is 0 Å². The van der Waals surface area contributed by atoms with E-state index in [4.69, 9.17) is 16.3 Å². The highest BCUT2D eigenvalue weighted by molar-refractivity contribution is 6.27. The highest BCUT2D eigenvalue weighted by Crippen LogP contribution is 2.10. The van der Waals surface area contributed by atoms with E-state index in [0.717, 1.165) is 0 Å². The lowest BCUT2D eigenvalue weighted by Crippen LogP contribution is -2.27. The minimum Gasteiger partial charge on any atom is -0.460 e. The van der Waals surface area contributed by atoms with Gasteiger partial charge in [0.2, 0.25) is 0 Å². The molecule has 0 aliphatic carbocycles. The van der Waals surface area contributed by atoms with Gasteiger partial charge in [0.05, 0.1) is 18.4 Å². The first-order valence-electron chi connectivity index (χ1n) is 4.72. The fourth-order valence-electron chi connectivity index (χ4n) is 0.965. The molecule has 0 bridgehead atoms. The van der Waals surface area contributed by atoms with Gasteiger partial charge in [-0.3, -0.25) is 9.59 Å². The van der Waals surface area contributed by atoms with E-state index in [1.807, 2.05) is 0 Å². The van der Waals surface area contributed by atoms with Crippen LogP contribution in [0.5, 0.6) is 0 Å². The second-order valence-electron chi connectivity index (χ2n) is 4.32. The van der Waals surface area contributed by atoms with Crippen molar-refractivity contribution in [3.8, 4) is 0 Å². The number of carbonyl (C=O) groups excluding carboxylic acids is 2. The van der Waals surface area contributed by atoms with E-state index in [1.165, 1.54) is 0 Å². The average Bonchev–Trinajstić information content (AvgIpc) is 1.99. The predicted octanol–water partition coefficient (Wildman–Crippen LogP) is 1.28. The van der Waals surface area contributed by atoms with Crippen LogP contribution in [0.2, 0.25) is 0 Å². The summed E-state index contributed by atoms with van der Waals surface area (Å²) in [6.45, 7) is 5.21. The maximum Gasteiger partial charge on any atom is 0.308 e. The van der Waals surface area contributed by atoms with Crippen molar-refractivity contribution < 1.29 is 19.4 Å². The van der Waals surface area contributed by atoms with Crippen LogP contribution in [0, 0.1) is 0 Å². The van der Waals surface area contributed by atoms with E-state index in [0.29, 0.717) is 0 Å². The molecular weight excluding hydrogens is 220 g/mol. The molecule has 88 valence electrons. The van der Waals surface area contributed by atoms with Crippen molar-refractivity contribution in [2.45, 2.75) is 45.3 Å². The maximum absolute atomic E-state index is 11.2. The molecule has 0 rings (SSSR count). The molecule has 0 saturated heterocycles. The summed E-state index contributed by atoms with van der Waals surface area (Å²) >= 11 is 5.26. The Bertz CT molecular complexity index is 232. The van der Waals surface area contributed by atoms with E-state index in [2.05, 4.69) is 0 Å². The highest BCUT2D eigenvalue weighted by Gasteiger charge is 2.20. The zero-order valence-corrected chi connectivity index (χ0v) is 10.0. The van der Waals surface area contributed by atoms with Gasteiger partial charge in [0.25, 0.3) is 0 Å². The molecule has 5 heteroatoms. The molecule has 0 heterocycles. The number of Topliss-reactive ketones (excluding diaryl/α,β-unsaturated/α-hetero) is 1. The molecule has 0 aromatic carbocycles. The Balaban J connectivity index is 3.92. The lowest BCUT2D eigenvalue weighted by Gasteiger charge is -2.20. The topological polar surface area (TPSA) is 63.6 Å². The first kappa shape index (κ1) is 14.4. The molecule has 0 amide bonds. The number of hydrogen-bond acceptors (Lipinski definition) is 4. The maximum atomic E-state index is 11.2. The summed E-state index contributed by atoms with van der Waals surface area (Å²) in [7, 11) is 0. The lowest BCUT2D eigenvalue weighted by atomic mass is 10.1. The molecule has 1 unspecified atom stereocenters. The van der Waals surface area contributed by atoms with Crippen molar-refractivity contribution in [1.29, 1.82) is 0 Å². The van der Waals surface area contributed by atoms with Gasteiger partial charge < -0.3 is 9.84 Å². The summed E-state index contributed by atoms with van der Waals surface area (Å²) in [5.41, 5.74) is -0.576. The van der Waals surface area contributed by atoms with Crippen LogP contribution in [-0.2, 0) is 14.3 Å². The fraction of sp³-hybridized carbons (Fsp3) is 0.800. The summed E-state index contributed by atoms with van der Waals surface area (Å²) in [6.07, 6.45) is -1.30. The van der Waals surface area contributed by atoms with Crippen molar-refractivity contribution in [3.05, 3.63) is 0 Å². The van der Waals surface area contributed by atoms with Crippen molar-refractivity contribution >= 4 is 23.4 Å². The summed E-state index contributed by atoms with van der Waals surface area (Å²) in [5.74, 6) is -0.948. The summed E-state index contributed by atoms with van der Waals surface area (Å²) in [4.78, 5) is 22.1. The number of carbonyl (C=O) groups is 2. The zero-order valence-electron chi connectivity index (χ0n) is 9.25. The van der Waals surface area contributed by atoms with Crippen LogP contribution in [0.1, 0.15) is 33.6 Å². The number of ketones is 1. The third-order valence-corrected chi connectivity index (χ3v) is 1.73. The Hall–Kier alpha value is -0.610. The van der Waals surface area contributed by atoms with Gasteiger partial charge in [0.1, 0.15) is 11.4 Å². The van der Waals surface area contributed by atoms with Crippen molar-refractivity contribution in [2.75, 3.05) is 5.88 Å². The smallest absolute Gasteiger partial charge is 0.308 e. The van der Waals surface area contributed by atoms with Crippen molar-refractivity contribution in [3.63, 3.8) is 0 Å². The first-order chi connectivity index (χ1) is 6.74. The van der Waals surface area contributed by atoms with Crippen LogP contribution < -0.4 is 0 Å². The van der Waals surface area contributed by atoms with Gasteiger partial charge in [-0.25, -0.2) is 0 Å². The molecule has 1 atom stereocenters. The molecule has 0 spiro atoms. The fourth-order valence-corrected chi connectivity index (χ4v) is 1.07. The van der Waals surface area contributed by atoms with E-state index in [-0.39, 0.29) is 24.5 Å². The van der Waals surface area contributed by atoms with E-state index in [9.17, 15) is 14.7 Å². The zero-order chi connectivity index (χ0) is 12.1. The Labute approximate surface area is 94.6 Å². The second-order valence-corrected chi connectivity index (χ2v) is 4.59. The molecule has 0 aromatic rings. The minimum atomic E-state index is -1.01. The molecule has 0 aliphatic heterocycles. The number of halogens is 1. The third kappa shape index (κ3) is 8.39. The van der Waals surface area contributed by atoms with Gasteiger partial charge in [0, 0.05) is 6.42 Å². The Morgan fingerprint density at radius 2 is 1.87 bits per heavy atom. The van der Waals surface area contributed by atoms with Gasteiger partial charge >= 0.3 is 5.97 Å². The van der Waals surface area contributed by atoms with Crippen LogP contribution in [0.3, 0.4) is 0 Å². The van der Waals surface area contributed by atoms with Crippen LogP contribution in [0.4, 0.5) is 0 Å². The number of aliphatic hydroxyl groups excluding tert-OH is 1. The molecule has 0 radical (unpaired) electrons. The second kappa shape index (κ2) is 6.08. The lowest BCUT2D eigenvalue weighted by molar-refractivity contribution is -0.157. The Morgan fingerprint density at radius 1 is 1.33 bits per heavy atom. The van der Waals surface area contributed by atoms with E-state index >= 15 is 0 Å². The number of alkyl halides is 1. The molecular formula is C10H17ClO4. The molecule has 0 aromatic heterocycles. The molecule has 0 fully saturated rings. The number of ether oxygens (including phenoxy) is 1. The molecule has 1 N–H and O–H groups in total. The van der Waals surface area contributed by atoms with Crippen LogP contribution in [-0.4, -0.2) is 34.4 Å². The van der Waals surface area contributed by atoms with Crippen LogP contribution in [0.15, 0.2) is 0 Å². The van der Waals surface area contributed by atoms with Gasteiger partial charge in [-0.05, 0) is 20.8 Å². The summed E-state index contributed by atoms with van der Waals surface area (Å²) in [6, 6.07) is 0. The highest BCUT2D eigenvalue weighted by atomic mass is 35.5. The van der Waals surface area contributed by atoms with Gasteiger partial charge in [0.15, 0.2) is 0 Å². The quantitative estimate of drug-likeness (QED) is 0.577. The predicted molar refractivity (Wildman–Crippen MR) is 56.8 cm³/mol. The number of rotatable bonds is 5. The Morgan fingerprint density at radius 3 is 2.27 bits per heavy atom. The Kier molecular flexibility index (Phi) is 5.83. The number of hydrogen-bond donors (Lipinski definition) is 1. The van der Waals surface area contributed by atoms with Gasteiger partial charge in [-0.15, -0.1) is 11.6 Å². The summed E-state index contributed by atoms with van der Waals surface area (Å²) < 4.78 is 4.98. The number of esters is 1. The standard InChI is InChI=1S/C10H17ClO4/c1-10(2,3)15-9(14)5-7(12)4-8(13)6-11/h7,12H,4-6H2,1-3H3. The van der Waals surface area contributed by atoms with Crippen molar-refractivity contribution in [2.24, 2.45) is 0 Å². The monoisotopic (exact) mass is 236 g/mol.